The maximum atomic E-state index is 13.3. The summed E-state index contributed by atoms with van der Waals surface area (Å²) in [7, 11) is 0. The highest BCUT2D eigenvalue weighted by atomic mass is 19.1. The van der Waals surface area contributed by atoms with E-state index in [0.717, 1.165) is 5.56 Å². The van der Waals surface area contributed by atoms with Gasteiger partial charge in [-0.15, -0.1) is 0 Å². The van der Waals surface area contributed by atoms with Crippen molar-refractivity contribution in [3.63, 3.8) is 0 Å². The number of aryl methyl sites for hydroxylation is 1. The van der Waals surface area contributed by atoms with Crippen LogP contribution in [-0.2, 0) is 9.53 Å². The first-order valence-electron chi connectivity index (χ1n) is 6.41. The zero-order valence-corrected chi connectivity index (χ0v) is 11.2. The Bertz CT molecular complexity index is 477. The fourth-order valence-electron chi connectivity index (χ4n) is 2.21. The summed E-state index contributed by atoms with van der Waals surface area (Å²) in [5.41, 5.74) is 7.08. The Morgan fingerprint density at radius 1 is 1.58 bits per heavy atom. The molecular weight excluding hydrogens is 247 g/mol. The molecule has 1 aromatic carbocycles. The fourth-order valence-corrected chi connectivity index (χ4v) is 2.21. The highest BCUT2D eigenvalue weighted by molar-refractivity contribution is 5.81. The zero-order chi connectivity index (χ0) is 14.0. The summed E-state index contributed by atoms with van der Waals surface area (Å²) >= 11 is 0. The predicted octanol–water partition coefficient (Wildman–Crippen LogP) is 1.38. The summed E-state index contributed by atoms with van der Waals surface area (Å²) < 4.78 is 18.9. The molecule has 1 aliphatic rings. The van der Waals surface area contributed by atoms with Crippen LogP contribution in [0.4, 0.5) is 4.39 Å². The van der Waals surface area contributed by atoms with Crippen molar-refractivity contribution in [2.45, 2.75) is 26.0 Å². The maximum Gasteiger partial charge on any atom is 0.239 e. The van der Waals surface area contributed by atoms with Gasteiger partial charge in [0.2, 0.25) is 5.91 Å². The fraction of sp³-hybridized carbons (Fsp3) is 0.500. The summed E-state index contributed by atoms with van der Waals surface area (Å²) in [6, 6.07) is 4.39. The van der Waals surface area contributed by atoms with Gasteiger partial charge in [-0.2, -0.15) is 0 Å². The van der Waals surface area contributed by atoms with E-state index in [0.29, 0.717) is 25.3 Å². The monoisotopic (exact) mass is 266 g/mol. The number of carbonyl (C=O) groups excluding carboxylic acids is 1. The van der Waals surface area contributed by atoms with Gasteiger partial charge in [-0.3, -0.25) is 4.79 Å². The van der Waals surface area contributed by atoms with Gasteiger partial charge < -0.3 is 15.4 Å². The molecule has 0 radical (unpaired) electrons. The number of ether oxygens (including phenoxy) is 1. The number of morpholine rings is 1. The van der Waals surface area contributed by atoms with Crippen LogP contribution in [0.15, 0.2) is 18.2 Å². The Labute approximate surface area is 112 Å². The predicted molar refractivity (Wildman–Crippen MR) is 70.1 cm³/mol. The molecule has 0 aromatic heterocycles. The molecular formula is C14H19FN2O2. The number of hydrogen-bond donors (Lipinski definition) is 1. The molecule has 1 amide bonds. The molecule has 1 saturated heterocycles. The Kier molecular flexibility index (Phi) is 4.17. The molecule has 1 aliphatic heterocycles. The first kappa shape index (κ1) is 14.0. The van der Waals surface area contributed by atoms with E-state index in [4.69, 9.17) is 10.5 Å². The van der Waals surface area contributed by atoms with E-state index in [1.165, 1.54) is 6.07 Å². The van der Waals surface area contributed by atoms with Crippen LogP contribution >= 0.6 is 0 Å². The Hall–Kier alpha value is -1.46. The van der Waals surface area contributed by atoms with Crippen LogP contribution < -0.4 is 5.73 Å². The van der Waals surface area contributed by atoms with Gasteiger partial charge in [0.25, 0.3) is 0 Å². The molecule has 0 saturated carbocycles. The van der Waals surface area contributed by atoms with Crippen molar-refractivity contribution in [1.82, 2.24) is 4.90 Å². The molecule has 0 spiro atoms. The Morgan fingerprint density at radius 2 is 2.32 bits per heavy atom. The van der Waals surface area contributed by atoms with Crippen molar-refractivity contribution in [3.8, 4) is 0 Å². The lowest BCUT2D eigenvalue weighted by Crippen LogP contribution is -2.48. The largest absolute Gasteiger partial charge is 0.370 e. The van der Waals surface area contributed by atoms with Crippen molar-refractivity contribution < 1.29 is 13.9 Å². The van der Waals surface area contributed by atoms with Crippen LogP contribution in [0, 0.1) is 12.7 Å². The van der Waals surface area contributed by atoms with Crippen molar-refractivity contribution >= 4 is 5.91 Å². The molecule has 0 bridgehead atoms. The van der Waals surface area contributed by atoms with E-state index in [9.17, 15) is 9.18 Å². The summed E-state index contributed by atoms with van der Waals surface area (Å²) in [4.78, 5) is 13.6. The Balaban J connectivity index is 2.12. The van der Waals surface area contributed by atoms with Crippen molar-refractivity contribution in [2.75, 3.05) is 19.7 Å². The molecule has 0 aliphatic carbocycles. The molecule has 1 heterocycles. The topological polar surface area (TPSA) is 55.6 Å². The molecule has 5 heteroatoms. The first-order chi connectivity index (χ1) is 8.99. The van der Waals surface area contributed by atoms with Crippen molar-refractivity contribution in [3.05, 3.63) is 35.1 Å². The number of benzene rings is 1. The average molecular weight is 266 g/mol. The SMILES string of the molecule is Cc1cc([C@@H]2CN(C(=O)[C@H](C)N)CCO2)ccc1F. The summed E-state index contributed by atoms with van der Waals surface area (Å²) in [6.07, 6.45) is -0.212. The van der Waals surface area contributed by atoms with Gasteiger partial charge in [-0.05, 0) is 31.0 Å². The lowest BCUT2D eigenvalue weighted by atomic mass is 10.0. The van der Waals surface area contributed by atoms with Gasteiger partial charge in [-0.25, -0.2) is 4.39 Å². The first-order valence-corrected chi connectivity index (χ1v) is 6.41. The van der Waals surface area contributed by atoms with E-state index >= 15 is 0 Å². The van der Waals surface area contributed by atoms with Gasteiger partial charge in [-0.1, -0.05) is 12.1 Å². The number of amides is 1. The van der Waals surface area contributed by atoms with Gasteiger partial charge in [0.1, 0.15) is 11.9 Å². The van der Waals surface area contributed by atoms with Crippen LogP contribution in [0.25, 0.3) is 0 Å². The number of carbonyl (C=O) groups is 1. The third kappa shape index (κ3) is 3.11. The summed E-state index contributed by atoms with van der Waals surface area (Å²) in [5.74, 6) is -0.310. The smallest absolute Gasteiger partial charge is 0.239 e. The number of nitrogens with two attached hydrogens (primary N) is 1. The third-order valence-electron chi connectivity index (χ3n) is 3.32. The van der Waals surface area contributed by atoms with Crippen LogP contribution in [0.3, 0.4) is 0 Å². The van der Waals surface area contributed by atoms with Crippen molar-refractivity contribution in [1.29, 1.82) is 0 Å². The number of hydrogen-bond acceptors (Lipinski definition) is 3. The number of nitrogens with zero attached hydrogens (tertiary/aromatic N) is 1. The number of rotatable bonds is 2. The second-order valence-corrected chi connectivity index (χ2v) is 4.94. The lowest BCUT2D eigenvalue weighted by molar-refractivity contribution is -0.140. The minimum absolute atomic E-state index is 0.0767. The van der Waals surface area contributed by atoms with Gasteiger partial charge in [0, 0.05) is 6.54 Å². The van der Waals surface area contributed by atoms with E-state index in [1.54, 1.807) is 30.9 Å². The zero-order valence-electron chi connectivity index (χ0n) is 11.2. The average Bonchev–Trinajstić information content (AvgIpc) is 2.41. The standard InChI is InChI=1S/C14H19FN2O2/c1-9-7-11(3-4-12(9)15)13-8-17(5-6-19-13)14(18)10(2)16/h3-4,7,10,13H,5-6,8,16H2,1-2H3/t10-,13-/m0/s1. The molecule has 1 aromatic rings. The molecule has 1 fully saturated rings. The van der Waals surface area contributed by atoms with Crippen LogP contribution in [0.5, 0.6) is 0 Å². The Morgan fingerprint density at radius 3 is 2.95 bits per heavy atom. The molecule has 2 N–H and O–H groups in total. The molecule has 0 unspecified atom stereocenters. The number of halogens is 1. The second kappa shape index (κ2) is 5.67. The van der Waals surface area contributed by atoms with E-state index in [1.807, 2.05) is 0 Å². The van der Waals surface area contributed by atoms with E-state index in [2.05, 4.69) is 0 Å². The summed E-state index contributed by atoms with van der Waals surface area (Å²) in [5, 5.41) is 0. The van der Waals surface area contributed by atoms with Gasteiger partial charge in [0.15, 0.2) is 0 Å². The highest BCUT2D eigenvalue weighted by Gasteiger charge is 2.27. The summed E-state index contributed by atoms with van der Waals surface area (Å²) in [6.45, 7) is 4.88. The molecule has 19 heavy (non-hydrogen) atoms. The van der Waals surface area contributed by atoms with Gasteiger partial charge in [0.05, 0.1) is 19.2 Å². The van der Waals surface area contributed by atoms with Gasteiger partial charge >= 0.3 is 0 Å². The highest BCUT2D eigenvalue weighted by Crippen LogP contribution is 2.24. The molecule has 4 nitrogen and oxygen atoms in total. The van der Waals surface area contributed by atoms with Crippen molar-refractivity contribution in [2.24, 2.45) is 5.73 Å². The van der Waals surface area contributed by atoms with Crippen LogP contribution in [0.1, 0.15) is 24.2 Å². The van der Waals surface area contributed by atoms with E-state index in [-0.39, 0.29) is 17.8 Å². The molecule has 2 atom stereocenters. The third-order valence-corrected chi connectivity index (χ3v) is 3.32. The van der Waals surface area contributed by atoms with Crippen LogP contribution in [0.2, 0.25) is 0 Å². The molecule has 2 rings (SSSR count). The maximum absolute atomic E-state index is 13.3. The molecule has 104 valence electrons. The second-order valence-electron chi connectivity index (χ2n) is 4.94. The van der Waals surface area contributed by atoms with Crippen LogP contribution in [-0.4, -0.2) is 36.5 Å². The van der Waals surface area contributed by atoms with E-state index < -0.39 is 6.04 Å². The minimum atomic E-state index is -0.506. The minimum Gasteiger partial charge on any atom is -0.370 e. The quantitative estimate of drug-likeness (QED) is 0.880. The normalized spacial score (nSPS) is 21.3. The lowest BCUT2D eigenvalue weighted by Gasteiger charge is -2.34.